The molecule has 260 valence electrons. The van der Waals surface area contributed by atoms with Gasteiger partial charge in [-0.2, -0.15) is 23.4 Å². The van der Waals surface area contributed by atoms with Crippen molar-refractivity contribution in [3.8, 4) is 0 Å². The van der Waals surface area contributed by atoms with Crippen LogP contribution in [0, 0.1) is 11.8 Å². The van der Waals surface area contributed by atoms with Crippen molar-refractivity contribution in [2.75, 3.05) is 29.9 Å². The molecule has 0 unspecified atom stereocenters. The second kappa shape index (κ2) is 19.9. The Bertz CT molecular complexity index is 1250. The van der Waals surface area contributed by atoms with E-state index >= 15 is 0 Å². The average molecular weight is 725 g/mol. The van der Waals surface area contributed by atoms with E-state index < -0.39 is 32.1 Å². The lowest BCUT2D eigenvalue weighted by Crippen LogP contribution is -2.31. The van der Waals surface area contributed by atoms with Gasteiger partial charge in [0.25, 0.3) is 0 Å². The van der Waals surface area contributed by atoms with E-state index in [0.29, 0.717) is 15.7 Å². The lowest BCUT2D eigenvalue weighted by Gasteiger charge is -2.21. The first-order valence-electron chi connectivity index (χ1n) is 14.8. The Balaban J connectivity index is 0.000000356. The highest BCUT2D eigenvalue weighted by molar-refractivity contribution is 7.91. The van der Waals surface area contributed by atoms with Gasteiger partial charge in [-0.05, 0) is 78.3 Å². The summed E-state index contributed by atoms with van der Waals surface area (Å²) < 4.78 is 83.7. The largest absolute Gasteiger partial charge is 0.446 e. The van der Waals surface area contributed by atoms with Crippen LogP contribution in [0.3, 0.4) is 0 Å². The van der Waals surface area contributed by atoms with Gasteiger partial charge in [0.2, 0.25) is 6.29 Å². The van der Waals surface area contributed by atoms with Crippen LogP contribution < -0.4 is 5.32 Å². The van der Waals surface area contributed by atoms with Crippen LogP contribution in [0.1, 0.15) is 84.7 Å². The lowest BCUT2D eigenvalue weighted by atomic mass is 9.91. The van der Waals surface area contributed by atoms with E-state index in [4.69, 9.17) is 28.0 Å². The van der Waals surface area contributed by atoms with Gasteiger partial charge in [-0.25, -0.2) is 16.8 Å². The molecule has 1 N–H and O–H groups in total. The minimum Gasteiger partial charge on any atom is -0.317 e. The summed E-state index contributed by atoms with van der Waals surface area (Å²) in [6.07, 6.45) is 8.13. The maximum Gasteiger partial charge on any atom is 0.446 e. The van der Waals surface area contributed by atoms with Crippen molar-refractivity contribution >= 4 is 49.2 Å². The summed E-state index contributed by atoms with van der Waals surface area (Å²) in [5, 5.41) is 11.7. The summed E-state index contributed by atoms with van der Waals surface area (Å²) in [6, 6.07) is 0.386. The SMILES string of the molecule is CC(C)n1cc(S(=O)(=O)CC2CCCCC2)cn1.CC(C)n1cc(S(=O)(=O)CC2CCNCC2)cn1.ClCCl.O=CC(F)(F)F. The summed E-state index contributed by atoms with van der Waals surface area (Å²) >= 11 is 9.53. The van der Waals surface area contributed by atoms with E-state index in [9.17, 15) is 30.0 Å². The van der Waals surface area contributed by atoms with Gasteiger partial charge in [0.05, 0.1) is 29.2 Å². The third-order valence-electron chi connectivity index (χ3n) is 7.16. The molecule has 0 radical (unpaired) electrons. The number of alkyl halides is 5. The van der Waals surface area contributed by atoms with Gasteiger partial charge in [-0.3, -0.25) is 14.2 Å². The van der Waals surface area contributed by atoms with Crippen LogP contribution in [0.15, 0.2) is 34.6 Å². The third kappa shape index (κ3) is 16.1. The number of halogens is 5. The lowest BCUT2D eigenvalue weighted by molar-refractivity contribution is -0.156. The minimum absolute atomic E-state index is 0.188. The Kier molecular flexibility index (Phi) is 18.2. The van der Waals surface area contributed by atoms with Crippen LogP contribution >= 0.6 is 23.2 Å². The van der Waals surface area contributed by atoms with Gasteiger partial charge in [0.1, 0.15) is 9.79 Å². The van der Waals surface area contributed by atoms with Crippen LogP contribution in [0.4, 0.5) is 13.2 Å². The number of rotatable bonds is 8. The predicted molar refractivity (Wildman–Crippen MR) is 170 cm³/mol. The van der Waals surface area contributed by atoms with Gasteiger partial charge in [0.15, 0.2) is 19.7 Å². The number of hydrogen-bond acceptors (Lipinski definition) is 8. The molecule has 2 fully saturated rings. The molecule has 4 rings (SSSR count). The summed E-state index contributed by atoms with van der Waals surface area (Å²) in [5.41, 5.74) is 0. The number of piperidine rings is 1. The number of nitrogens with one attached hydrogen (secondary N) is 1. The molecule has 1 saturated heterocycles. The zero-order valence-electron chi connectivity index (χ0n) is 26.2. The Morgan fingerprint density at radius 3 is 1.49 bits per heavy atom. The van der Waals surface area contributed by atoms with Gasteiger partial charge >= 0.3 is 6.18 Å². The number of aromatic nitrogens is 4. The van der Waals surface area contributed by atoms with Crippen molar-refractivity contribution in [2.24, 2.45) is 11.8 Å². The highest BCUT2D eigenvalue weighted by atomic mass is 35.5. The average Bonchev–Trinajstić information content (AvgIpc) is 3.67. The van der Waals surface area contributed by atoms with Crippen molar-refractivity contribution < 1.29 is 34.8 Å². The Morgan fingerprint density at radius 1 is 0.822 bits per heavy atom. The zero-order valence-corrected chi connectivity index (χ0v) is 29.4. The molecule has 2 aliphatic rings. The molecule has 0 amide bonds. The number of carbonyl (C=O) groups is 1. The van der Waals surface area contributed by atoms with E-state index in [1.165, 1.54) is 31.7 Å². The minimum atomic E-state index is -4.64. The van der Waals surface area contributed by atoms with E-state index in [1.54, 1.807) is 21.8 Å². The topological polar surface area (TPSA) is 133 Å². The normalized spacial score (nSPS) is 16.6. The van der Waals surface area contributed by atoms with E-state index in [2.05, 4.69) is 15.5 Å². The molecule has 0 atom stereocenters. The molecule has 1 aliphatic carbocycles. The van der Waals surface area contributed by atoms with Gasteiger partial charge in [0, 0.05) is 24.5 Å². The predicted octanol–water partition coefficient (Wildman–Crippen LogP) is 6.22. The van der Waals surface area contributed by atoms with Crippen molar-refractivity contribution in [1.82, 2.24) is 24.9 Å². The quantitative estimate of drug-likeness (QED) is 0.251. The molecule has 1 aliphatic heterocycles. The maximum atomic E-state index is 12.3. The fraction of sp³-hybridized carbons (Fsp3) is 0.750. The molecular weight excluding hydrogens is 678 g/mol. The maximum absolute atomic E-state index is 12.3. The number of hydrogen-bond donors (Lipinski definition) is 1. The molecule has 17 heteroatoms. The van der Waals surface area contributed by atoms with E-state index in [-0.39, 0.29) is 34.8 Å². The van der Waals surface area contributed by atoms with Gasteiger partial charge in [-0.15, -0.1) is 23.2 Å². The number of aldehydes is 1. The van der Waals surface area contributed by atoms with Crippen molar-refractivity contribution in [2.45, 2.75) is 101 Å². The van der Waals surface area contributed by atoms with Crippen molar-refractivity contribution in [1.29, 1.82) is 0 Å². The van der Waals surface area contributed by atoms with Crippen LogP contribution in [-0.4, -0.2) is 78.8 Å². The van der Waals surface area contributed by atoms with Crippen LogP contribution in [-0.2, 0) is 24.5 Å². The summed E-state index contributed by atoms with van der Waals surface area (Å²) in [6.45, 7) is 9.79. The van der Waals surface area contributed by atoms with Crippen molar-refractivity contribution in [3.05, 3.63) is 24.8 Å². The van der Waals surface area contributed by atoms with E-state index in [1.807, 2.05) is 27.7 Å². The zero-order chi connectivity index (χ0) is 34.3. The molecule has 45 heavy (non-hydrogen) atoms. The molecule has 10 nitrogen and oxygen atoms in total. The molecule has 3 heterocycles. The molecule has 2 aromatic rings. The number of carbonyl (C=O) groups excluding carboxylic acids is 1. The van der Waals surface area contributed by atoms with Crippen LogP contribution in [0.5, 0.6) is 0 Å². The molecular formula is C28H46Cl2F3N5O5S2. The molecule has 2 aromatic heterocycles. The molecule has 0 aromatic carbocycles. The summed E-state index contributed by atoms with van der Waals surface area (Å²) in [7, 11) is -6.34. The Labute approximate surface area is 275 Å². The van der Waals surface area contributed by atoms with Gasteiger partial charge < -0.3 is 5.32 Å². The first kappa shape index (κ1) is 41.3. The molecule has 0 bridgehead atoms. The second-order valence-electron chi connectivity index (χ2n) is 11.5. The first-order chi connectivity index (χ1) is 21.0. The summed E-state index contributed by atoms with van der Waals surface area (Å²) in [5.74, 6) is 1.15. The van der Waals surface area contributed by atoms with Crippen molar-refractivity contribution in [3.63, 3.8) is 0 Å². The highest BCUT2D eigenvalue weighted by Crippen LogP contribution is 2.27. The first-order valence-corrected chi connectivity index (χ1v) is 19.2. The summed E-state index contributed by atoms with van der Waals surface area (Å²) in [4.78, 5) is 9.43. The number of nitrogens with zero attached hydrogens (tertiary/aromatic N) is 4. The standard InChI is InChI=1S/C13H22N2O2S.C12H21N3O2S.C2HF3O.CH2Cl2/c1-11(2)15-9-13(8-14-15)18(16,17)10-12-6-4-3-5-7-12;1-10(2)15-8-12(7-14-15)18(16,17)9-11-3-5-13-6-4-11;3-2(4,5)1-6;2-1-3/h8-9,11-12H,3-7,10H2,1-2H3;7-8,10-11,13H,3-6,9H2,1-2H3;1H;1H2. The Morgan fingerprint density at radius 2 is 1.18 bits per heavy atom. The smallest absolute Gasteiger partial charge is 0.317 e. The fourth-order valence-electron chi connectivity index (χ4n) is 4.74. The van der Waals surface area contributed by atoms with Crippen LogP contribution in [0.25, 0.3) is 0 Å². The van der Waals surface area contributed by atoms with Gasteiger partial charge in [-0.1, -0.05) is 19.3 Å². The third-order valence-corrected chi connectivity index (χ3v) is 10.8. The second-order valence-corrected chi connectivity index (χ2v) is 16.4. The van der Waals surface area contributed by atoms with E-state index in [0.717, 1.165) is 38.8 Å². The highest BCUT2D eigenvalue weighted by Gasteiger charge is 2.26. The monoisotopic (exact) mass is 723 g/mol. The fourth-order valence-corrected chi connectivity index (χ4v) is 7.99. The Hall–Kier alpha value is -1.68. The molecule has 1 saturated carbocycles. The molecule has 0 spiro atoms. The van der Waals surface area contributed by atoms with Crippen LogP contribution in [0.2, 0.25) is 0 Å². The number of sulfone groups is 2.